The van der Waals surface area contributed by atoms with Crippen molar-refractivity contribution in [3.05, 3.63) is 64.3 Å². The maximum Gasteiger partial charge on any atom is 0.153 e. The fraction of sp³-hybridized carbons (Fsp3) is 0.0625. The van der Waals surface area contributed by atoms with E-state index in [4.69, 9.17) is 27.9 Å². The Bertz CT molecular complexity index is 805. The molecule has 3 rings (SSSR count). The maximum absolute atomic E-state index is 9.40. The number of rotatable bonds is 3. The summed E-state index contributed by atoms with van der Waals surface area (Å²) < 4.78 is 5.89. The van der Waals surface area contributed by atoms with Crippen molar-refractivity contribution in [3.8, 4) is 11.5 Å². The Kier molecular flexibility index (Phi) is 3.97. The zero-order valence-electron chi connectivity index (χ0n) is 10.9. The second-order valence-corrected chi connectivity index (χ2v) is 5.25. The van der Waals surface area contributed by atoms with Crippen molar-refractivity contribution in [3.63, 3.8) is 0 Å². The van der Waals surface area contributed by atoms with Crippen molar-refractivity contribution >= 4 is 34.1 Å². The summed E-state index contributed by atoms with van der Waals surface area (Å²) in [4.78, 5) is 4.31. The summed E-state index contributed by atoms with van der Waals surface area (Å²) in [7, 11) is 0. The first-order valence-electron chi connectivity index (χ1n) is 6.30. The fourth-order valence-electron chi connectivity index (χ4n) is 2.10. The second kappa shape index (κ2) is 5.90. The molecule has 0 amide bonds. The molecule has 1 N–H and O–H groups in total. The Balaban J connectivity index is 2.13. The standard InChI is InChI=1S/C16H11Cl2NO2/c17-12-6-7-14(15-11(12)4-2-8-19-15)21-16-10(9-20)3-1-5-13(16)18/h1-8,20H,9H2. The lowest BCUT2D eigenvalue weighted by Crippen LogP contribution is -1.94. The number of benzene rings is 2. The number of halogens is 2. The molecule has 5 heteroatoms. The first-order valence-corrected chi connectivity index (χ1v) is 7.05. The smallest absolute Gasteiger partial charge is 0.153 e. The fourth-order valence-corrected chi connectivity index (χ4v) is 2.54. The lowest BCUT2D eigenvalue weighted by Gasteiger charge is -2.13. The van der Waals surface area contributed by atoms with Crippen LogP contribution in [0.15, 0.2) is 48.7 Å². The van der Waals surface area contributed by atoms with Gasteiger partial charge in [-0.05, 0) is 30.3 Å². The van der Waals surface area contributed by atoms with Crippen LogP contribution in [-0.4, -0.2) is 10.1 Å². The number of para-hydroxylation sites is 1. The van der Waals surface area contributed by atoms with Gasteiger partial charge in [-0.25, -0.2) is 0 Å². The van der Waals surface area contributed by atoms with E-state index in [-0.39, 0.29) is 6.61 Å². The molecule has 106 valence electrons. The van der Waals surface area contributed by atoms with Crippen molar-refractivity contribution in [2.24, 2.45) is 0 Å². The van der Waals surface area contributed by atoms with E-state index in [1.807, 2.05) is 12.1 Å². The summed E-state index contributed by atoms with van der Waals surface area (Å²) in [5.74, 6) is 0.966. The topological polar surface area (TPSA) is 42.4 Å². The molecule has 3 aromatic rings. The molecule has 3 nitrogen and oxygen atoms in total. The lowest BCUT2D eigenvalue weighted by molar-refractivity contribution is 0.276. The van der Waals surface area contributed by atoms with Gasteiger partial charge in [-0.15, -0.1) is 0 Å². The largest absolute Gasteiger partial charge is 0.453 e. The van der Waals surface area contributed by atoms with Crippen LogP contribution in [0.2, 0.25) is 10.0 Å². The Hall–Kier alpha value is -1.81. The maximum atomic E-state index is 9.40. The molecule has 0 unspecified atom stereocenters. The molecule has 0 aliphatic carbocycles. The van der Waals surface area contributed by atoms with Crippen LogP contribution in [0.1, 0.15) is 5.56 Å². The minimum atomic E-state index is -0.158. The van der Waals surface area contributed by atoms with E-state index >= 15 is 0 Å². The predicted octanol–water partition coefficient (Wildman–Crippen LogP) is 4.83. The molecule has 1 aromatic heterocycles. The van der Waals surface area contributed by atoms with E-state index in [0.29, 0.717) is 32.6 Å². The van der Waals surface area contributed by atoms with Gasteiger partial charge in [0.2, 0.25) is 0 Å². The molecule has 0 fully saturated rings. The van der Waals surface area contributed by atoms with Crippen LogP contribution in [-0.2, 0) is 6.61 Å². The number of pyridine rings is 1. The molecule has 0 bridgehead atoms. The Morgan fingerprint density at radius 1 is 1.00 bits per heavy atom. The molecule has 0 radical (unpaired) electrons. The van der Waals surface area contributed by atoms with Gasteiger partial charge in [0.15, 0.2) is 11.5 Å². The number of nitrogens with zero attached hydrogens (tertiary/aromatic N) is 1. The Morgan fingerprint density at radius 2 is 1.86 bits per heavy atom. The lowest BCUT2D eigenvalue weighted by atomic mass is 10.2. The van der Waals surface area contributed by atoms with Crippen LogP contribution in [0.3, 0.4) is 0 Å². The van der Waals surface area contributed by atoms with Gasteiger partial charge >= 0.3 is 0 Å². The third-order valence-electron chi connectivity index (χ3n) is 3.11. The van der Waals surface area contributed by atoms with Crippen molar-refractivity contribution in [2.75, 3.05) is 0 Å². The summed E-state index contributed by atoms with van der Waals surface area (Å²) in [6.07, 6.45) is 1.67. The summed E-state index contributed by atoms with van der Waals surface area (Å²) >= 11 is 12.3. The average molecular weight is 320 g/mol. The molecule has 0 atom stereocenters. The number of aliphatic hydroxyl groups excluding tert-OH is 1. The molecular formula is C16H11Cl2NO2. The summed E-state index contributed by atoms with van der Waals surface area (Å²) in [6, 6.07) is 12.4. The van der Waals surface area contributed by atoms with Crippen LogP contribution in [0.4, 0.5) is 0 Å². The number of hydrogen-bond donors (Lipinski definition) is 1. The minimum Gasteiger partial charge on any atom is -0.453 e. The third kappa shape index (κ3) is 2.68. The van der Waals surface area contributed by atoms with Gasteiger partial charge in [0.1, 0.15) is 5.52 Å². The summed E-state index contributed by atoms with van der Waals surface area (Å²) in [6.45, 7) is -0.158. The highest BCUT2D eigenvalue weighted by atomic mass is 35.5. The molecule has 0 spiro atoms. The van der Waals surface area contributed by atoms with E-state index in [1.165, 1.54) is 0 Å². The van der Waals surface area contributed by atoms with Gasteiger partial charge in [-0.1, -0.05) is 35.3 Å². The zero-order valence-corrected chi connectivity index (χ0v) is 12.4. The highest BCUT2D eigenvalue weighted by Crippen LogP contribution is 2.37. The highest BCUT2D eigenvalue weighted by Gasteiger charge is 2.12. The van der Waals surface area contributed by atoms with Crippen LogP contribution >= 0.6 is 23.2 Å². The Labute approximate surface area is 131 Å². The van der Waals surface area contributed by atoms with Crippen molar-refractivity contribution in [2.45, 2.75) is 6.61 Å². The second-order valence-electron chi connectivity index (χ2n) is 4.43. The van der Waals surface area contributed by atoms with Gasteiger partial charge in [0.05, 0.1) is 16.7 Å². The van der Waals surface area contributed by atoms with Gasteiger partial charge in [0.25, 0.3) is 0 Å². The number of fused-ring (bicyclic) bond motifs is 1. The monoisotopic (exact) mass is 319 g/mol. The van der Waals surface area contributed by atoms with Crippen LogP contribution < -0.4 is 4.74 Å². The van der Waals surface area contributed by atoms with E-state index in [9.17, 15) is 5.11 Å². The van der Waals surface area contributed by atoms with E-state index in [1.54, 1.807) is 36.5 Å². The Morgan fingerprint density at radius 3 is 2.67 bits per heavy atom. The molecule has 0 aliphatic heterocycles. The molecular weight excluding hydrogens is 309 g/mol. The zero-order chi connectivity index (χ0) is 14.8. The van der Waals surface area contributed by atoms with Gasteiger partial charge < -0.3 is 9.84 Å². The molecule has 1 heterocycles. The quantitative estimate of drug-likeness (QED) is 0.752. The van der Waals surface area contributed by atoms with Crippen molar-refractivity contribution in [1.82, 2.24) is 4.98 Å². The molecule has 0 saturated heterocycles. The summed E-state index contributed by atoms with van der Waals surface area (Å²) in [5.41, 5.74) is 1.26. The third-order valence-corrected chi connectivity index (χ3v) is 3.74. The molecule has 0 aliphatic rings. The minimum absolute atomic E-state index is 0.158. The van der Waals surface area contributed by atoms with Gasteiger partial charge in [0, 0.05) is 17.1 Å². The average Bonchev–Trinajstić information content (AvgIpc) is 2.52. The van der Waals surface area contributed by atoms with Crippen molar-refractivity contribution < 1.29 is 9.84 Å². The number of hydrogen-bond acceptors (Lipinski definition) is 3. The van der Waals surface area contributed by atoms with Crippen LogP contribution in [0, 0.1) is 0 Å². The summed E-state index contributed by atoms with van der Waals surface area (Å²) in [5, 5.41) is 11.2. The molecule has 21 heavy (non-hydrogen) atoms. The van der Waals surface area contributed by atoms with Crippen LogP contribution in [0.25, 0.3) is 10.9 Å². The normalized spacial score (nSPS) is 10.8. The van der Waals surface area contributed by atoms with E-state index < -0.39 is 0 Å². The van der Waals surface area contributed by atoms with Gasteiger partial charge in [-0.3, -0.25) is 4.98 Å². The number of aliphatic hydroxyl groups is 1. The molecule has 0 saturated carbocycles. The number of ether oxygens (including phenoxy) is 1. The SMILES string of the molecule is OCc1cccc(Cl)c1Oc1ccc(Cl)c2cccnc12. The van der Waals surface area contributed by atoms with Crippen molar-refractivity contribution in [1.29, 1.82) is 0 Å². The predicted molar refractivity (Wildman–Crippen MR) is 84.2 cm³/mol. The number of aromatic nitrogens is 1. The van der Waals surface area contributed by atoms with Gasteiger partial charge in [-0.2, -0.15) is 0 Å². The first-order chi connectivity index (χ1) is 10.2. The molecule has 2 aromatic carbocycles. The van der Waals surface area contributed by atoms with Crippen LogP contribution in [0.5, 0.6) is 11.5 Å². The van der Waals surface area contributed by atoms with E-state index in [2.05, 4.69) is 4.98 Å². The first kappa shape index (κ1) is 14.1. The van der Waals surface area contributed by atoms with E-state index in [0.717, 1.165) is 5.39 Å². The highest BCUT2D eigenvalue weighted by molar-refractivity contribution is 6.35.